The first kappa shape index (κ1) is 19.9. The third-order valence-corrected chi connectivity index (χ3v) is 4.48. The number of anilines is 2. The number of ether oxygens (including phenoxy) is 1. The van der Waals surface area contributed by atoms with Crippen molar-refractivity contribution in [1.29, 1.82) is 0 Å². The van der Waals surface area contributed by atoms with Crippen molar-refractivity contribution < 1.29 is 9.84 Å². The number of nitrogens with one attached hydrogen (secondary N) is 1. The third-order valence-electron chi connectivity index (χ3n) is 4.17. The van der Waals surface area contributed by atoms with E-state index in [1.54, 1.807) is 12.1 Å². The maximum absolute atomic E-state index is 9.62. The van der Waals surface area contributed by atoms with E-state index in [0.29, 0.717) is 17.3 Å². The predicted molar refractivity (Wildman–Crippen MR) is 114 cm³/mol. The molecule has 0 aliphatic heterocycles. The van der Waals surface area contributed by atoms with Gasteiger partial charge >= 0.3 is 0 Å². The molecule has 0 aliphatic carbocycles. The number of hydrogen-bond donors (Lipinski definition) is 2. The highest BCUT2D eigenvalue weighted by molar-refractivity contribution is 6.32. The summed E-state index contributed by atoms with van der Waals surface area (Å²) in [5, 5.41) is 13.9. The van der Waals surface area contributed by atoms with E-state index >= 15 is 0 Å². The Hall–Kier alpha value is -2.83. The second-order valence-corrected chi connectivity index (χ2v) is 7.01. The van der Waals surface area contributed by atoms with Crippen molar-refractivity contribution in [2.24, 2.45) is 0 Å². The minimum Gasteiger partial charge on any atom is -0.506 e. The largest absolute Gasteiger partial charge is 0.506 e. The number of phenolic OH excluding ortho intramolecular Hbond substituents is 1. The Morgan fingerprint density at radius 3 is 2.89 bits per heavy atom. The topological polar surface area (TPSA) is 70.5 Å². The predicted octanol–water partition coefficient (Wildman–Crippen LogP) is 4.62. The molecule has 0 bridgehead atoms. The maximum atomic E-state index is 9.62. The molecule has 0 saturated heterocycles. The van der Waals surface area contributed by atoms with Crippen LogP contribution in [-0.4, -0.2) is 46.2 Å². The lowest BCUT2D eigenvalue weighted by Gasteiger charge is -2.22. The van der Waals surface area contributed by atoms with Crippen LogP contribution in [0.4, 0.5) is 11.5 Å². The van der Waals surface area contributed by atoms with E-state index in [0.717, 1.165) is 24.0 Å². The lowest BCUT2D eigenvalue weighted by atomic mass is 10.2. The number of hydrogen-bond acceptors (Lipinski definition) is 6. The number of nitrogens with zero attached hydrogens (tertiary/aromatic N) is 3. The van der Waals surface area contributed by atoms with Crippen molar-refractivity contribution in [3.63, 3.8) is 0 Å². The number of phenols is 1. The summed E-state index contributed by atoms with van der Waals surface area (Å²) in [7, 11) is 2.02. The van der Waals surface area contributed by atoms with Gasteiger partial charge in [-0.1, -0.05) is 23.7 Å². The molecule has 146 valence electrons. The molecule has 2 aromatic carbocycles. The molecule has 0 fully saturated rings. The van der Waals surface area contributed by atoms with Crippen molar-refractivity contribution >= 4 is 34.0 Å². The monoisotopic (exact) mass is 398 g/mol. The minimum absolute atomic E-state index is 0.0289. The lowest BCUT2D eigenvalue weighted by molar-refractivity contribution is 0.171. The summed E-state index contributed by atoms with van der Waals surface area (Å²) >= 11 is 6.01. The van der Waals surface area contributed by atoms with Crippen LogP contribution in [0.3, 0.4) is 0 Å². The molecule has 0 amide bonds. The van der Waals surface area contributed by atoms with Crippen molar-refractivity contribution in [1.82, 2.24) is 14.9 Å². The van der Waals surface area contributed by atoms with Crippen molar-refractivity contribution in [3.05, 3.63) is 60.4 Å². The van der Waals surface area contributed by atoms with Crippen LogP contribution >= 0.6 is 11.6 Å². The SMILES string of the molecule is C=CCN(C)C[C@@H](C)Oc1cccc2ncnc(Nc3ccc(O)c(Cl)c3)c12. The summed E-state index contributed by atoms with van der Waals surface area (Å²) in [5.74, 6) is 1.33. The van der Waals surface area contributed by atoms with Crippen LogP contribution in [0.2, 0.25) is 5.02 Å². The van der Waals surface area contributed by atoms with Gasteiger partial charge in [0.2, 0.25) is 0 Å². The van der Waals surface area contributed by atoms with Gasteiger partial charge in [-0.25, -0.2) is 9.97 Å². The summed E-state index contributed by atoms with van der Waals surface area (Å²) in [4.78, 5) is 10.9. The van der Waals surface area contributed by atoms with Crippen LogP contribution in [0.1, 0.15) is 6.92 Å². The smallest absolute Gasteiger partial charge is 0.145 e. The van der Waals surface area contributed by atoms with Gasteiger partial charge in [0.15, 0.2) is 0 Å². The van der Waals surface area contributed by atoms with Gasteiger partial charge in [-0.2, -0.15) is 0 Å². The van der Waals surface area contributed by atoms with E-state index in [2.05, 4.69) is 26.8 Å². The molecular formula is C21H23ClN4O2. The summed E-state index contributed by atoms with van der Waals surface area (Å²) in [6.45, 7) is 7.34. The molecule has 0 unspecified atom stereocenters. The van der Waals surface area contributed by atoms with E-state index < -0.39 is 0 Å². The van der Waals surface area contributed by atoms with Crippen LogP contribution < -0.4 is 10.1 Å². The zero-order valence-electron chi connectivity index (χ0n) is 15.9. The van der Waals surface area contributed by atoms with E-state index in [9.17, 15) is 5.11 Å². The number of aromatic nitrogens is 2. The van der Waals surface area contributed by atoms with Crippen LogP contribution in [0, 0.1) is 0 Å². The summed E-state index contributed by atoms with van der Waals surface area (Å²) in [6, 6.07) is 10.6. The van der Waals surface area contributed by atoms with Crippen molar-refractivity contribution in [2.45, 2.75) is 13.0 Å². The first-order valence-corrected chi connectivity index (χ1v) is 9.31. The molecule has 0 spiro atoms. The van der Waals surface area contributed by atoms with Gasteiger partial charge in [-0.05, 0) is 44.3 Å². The molecule has 28 heavy (non-hydrogen) atoms. The Balaban J connectivity index is 1.91. The molecule has 3 rings (SSSR count). The Morgan fingerprint density at radius 1 is 1.32 bits per heavy atom. The van der Waals surface area contributed by atoms with Crippen LogP contribution in [0.15, 0.2) is 55.4 Å². The van der Waals surface area contributed by atoms with Gasteiger partial charge in [0.1, 0.15) is 29.7 Å². The van der Waals surface area contributed by atoms with Crippen LogP contribution in [-0.2, 0) is 0 Å². The fourth-order valence-electron chi connectivity index (χ4n) is 2.98. The zero-order valence-corrected chi connectivity index (χ0v) is 16.6. The maximum Gasteiger partial charge on any atom is 0.145 e. The highest BCUT2D eigenvalue weighted by Gasteiger charge is 2.14. The fourth-order valence-corrected chi connectivity index (χ4v) is 3.16. The number of rotatable bonds is 8. The highest BCUT2D eigenvalue weighted by atomic mass is 35.5. The zero-order chi connectivity index (χ0) is 20.1. The Kier molecular flexibility index (Phi) is 6.34. The molecule has 0 radical (unpaired) electrons. The van der Waals surface area contributed by atoms with E-state index in [1.165, 1.54) is 12.4 Å². The summed E-state index contributed by atoms with van der Waals surface area (Å²) in [6.07, 6.45) is 3.33. The molecule has 1 aromatic heterocycles. The third kappa shape index (κ3) is 4.71. The van der Waals surface area contributed by atoms with Gasteiger partial charge in [0.25, 0.3) is 0 Å². The van der Waals surface area contributed by atoms with Crippen molar-refractivity contribution in [3.8, 4) is 11.5 Å². The van der Waals surface area contributed by atoms with Gasteiger partial charge in [0.05, 0.1) is 15.9 Å². The number of aromatic hydroxyl groups is 1. The molecule has 0 aliphatic rings. The number of halogens is 1. The minimum atomic E-state index is -0.0354. The first-order chi connectivity index (χ1) is 13.5. The van der Waals surface area contributed by atoms with Gasteiger partial charge < -0.3 is 15.2 Å². The number of likely N-dealkylation sites (N-methyl/N-ethyl adjacent to an activating group) is 1. The normalized spacial score (nSPS) is 12.1. The standard InChI is InChI=1S/C21H23ClN4O2/c1-4-10-26(3)12-14(2)28-19-7-5-6-17-20(19)21(24-13-23-17)25-15-8-9-18(27)16(22)11-15/h4-9,11,13-14,27H,1,10,12H2,2-3H3,(H,23,24,25)/t14-/m1/s1. The van der Waals surface area contributed by atoms with Crippen LogP contribution in [0.25, 0.3) is 10.9 Å². The van der Waals surface area contributed by atoms with Crippen LogP contribution in [0.5, 0.6) is 11.5 Å². The van der Waals surface area contributed by atoms with Gasteiger partial charge in [-0.15, -0.1) is 6.58 Å². The Labute approximate surface area is 169 Å². The molecule has 0 saturated carbocycles. The average molecular weight is 399 g/mol. The molecule has 2 N–H and O–H groups in total. The van der Waals surface area contributed by atoms with E-state index in [1.807, 2.05) is 38.2 Å². The van der Waals surface area contributed by atoms with E-state index in [4.69, 9.17) is 16.3 Å². The molecule has 6 nitrogen and oxygen atoms in total. The summed E-state index contributed by atoms with van der Waals surface area (Å²) < 4.78 is 6.20. The average Bonchev–Trinajstić information content (AvgIpc) is 2.65. The lowest BCUT2D eigenvalue weighted by Crippen LogP contribution is -2.31. The Bertz CT molecular complexity index is 975. The van der Waals surface area contributed by atoms with Gasteiger partial charge in [0, 0.05) is 18.8 Å². The second-order valence-electron chi connectivity index (χ2n) is 6.60. The van der Waals surface area contributed by atoms with Gasteiger partial charge in [-0.3, -0.25) is 4.90 Å². The second kappa shape index (κ2) is 8.91. The van der Waals surface area contributed by atoms with E-state index in [-0.39, 0.29) is 16.9 Å². The molecular weight excluding hydrogens is 376 g/mol. The Morgan fingerprint density at radius 2 is 2.14 bits per heavy atom. The summed E-state index contributed by atoms with van der Waals surface area (Å²) in [5.41, 5.74) is 1.47. The van der Waals surface area contributed by atoms with Crippen molar-refractivity contribution in [2.75, 3.05) is 25.5 Å². The highest BCUT2D eigenvalue weighted by Crippen LogP contribution is 2.33. The first-order valence-electron chi connectivity index (χ1n) is 8.93. The molecule has 1 atom stereocenters. The number of benzene rings is 2. The molecule has 7 heteroatoms. The quantitative estimate of drug-likeness (QED) is 0.426. The molecule has 3 aromatic rings. The molecule has 1 heterocycles. The number of fused-ring (bicyclic) bond motifs is 1. The fraction of sp³-hybridized carbons (Fsp3) is 0.238.